The maximum atomic E-state index is 12.8. The molecule has 14 heteroatoms. The minimum absolute atomic E-state index is 0.0501. The lowest BCUT2D eigenvalue weighted by molar-refractivity contribution is -0.138. The van der Waals surface area contributed by atoms with Gasteiger partial charge in [-0.2, -0.15) is 0 Å². The van der Waals surface area contributed by atoms with Crippen molar-refractivity contribution in [3.63, 3.8) is 0 Å². The summed E-state index contributed by atoms with van der Waals surface area (Å²) in [7, 11) is 0. The second-order valence-electron chi connectivity index (χ2n) is 11.4. The summed E-state index contributed by atoms with van der Waals surface area (Å²) in [6.07, 6.45) is 8.56. The number of imide groups is 1. The Balaban J connectivity index is 1.32. The van der Waals surface area contributed by atoms with Crippen molar-refractivity contribution in [3.8, 4) is 0 Å². The van der Waals surface area contributed by atoms with Gasteiger partial charge in [-0.25, -0.2) is 0 Å². The fourth-order valence-electron chi connectivity index (χ4n) is 5.67. The van der Waals surface area contributed by atoms with Crippen molar-refractivity contribution in [2.24, 2.45) is 23.3 Å². The molecule has 3 rings (SSSR count). The number of primary amides is 2. The number of nitrogens with two attached hydrogens (primary N) is 2. The highest BCUT2D eigenvalue weighted by Gasteiger charge is 2.39. The lowest BCUT2D eigenvalue weighted by Gasteiger charge is -2.19. The summed E-state index contributed by atoms with van der Waals surface area (Å²) in [5, 5.41) is 7.46. The van der Waals surface area contributed by atoms with Gasteiger partial charge in [0.1, 0.15) is 12.1 Å². The summed E-state index contributed by atoms with van der Waals surface area (Å²) >= 11 is 1.10. The molecule has 3 unspecified atom stereocenters. The van der Waals surface area contributed by atoms with Crippen LogP contribution in [0.5, 0.6) is 0 Å². The number of thioether (sulfide) groups is 1. The summed E-state index contributed by atoms with van der Waals surface area (Å²) < 4.78 is 0. The monoisotopic (exact) mass is 608 g/mol. The standard InChI is InChI=1S/C28H44N6O7S/c29-24(37)19(32-26(39)17-7-1-2-8-17)11-5-6-13-31-22(35)12-14-34-23(36)15-21(28(34)41)42-16-20(25(30)38)33-27(40)18-9-3-4-10-18/h17-21H,1-16H2,(H2,29,37)(H2,30,38)(H,31,35)(H,32,39)(H,33,40). The quantitative estimate of drug-likeness (QED) is 0.110. The average Bonchev–Trinajstić information content (AvgIpc) is 3.72. The number of hydrogen-bond donors (Lipinski definition) is 5. The molecule has 0 aromatic heterocycles. The first-order valence-electron chi connectivity index (χ1n) is 15.0. The van der Waals surface area contributed by atoms with E-state index in [2.05, 4.69) is 16.0 Å². The lowest BCUT2D eigenvalue weighted by Crippen LogP contribution is -2.48. The van der Waals surface area contributed by atoms with Crippen molar-refractivity contribution >= 4 is 53.1 Å². The van der Waals surface area contributed by atoms with Crippen LogP contribution in [0.15, 0.2) is 0 Å². The molecule has 2 saturated carbocycles. The molecule has 0 bridgehead atoms. The van der Waals surface area contributed by atoms with E-state index in [4.69, 9.17) is 11.5 Å². The molecular weight excluding hydrogens is 564 g/mol. The van der Waals surface area contributed by atoms with E-state index in [0.717, 1.165) is 68.0 Å². The number of carbonyl (C=O) groups excluding carboxylic acids is 7. The SMILES string of the molecule is NC(=O)C(CCCCNC(=O)CCN1C(=O)CC(SCC(NC(=O)C2CCCC2)C(N)=O)C1=O)NC(=O)C1CCCC1. The predicted octanol–water partition coefficient (Wildman–Crippen LogP) is -0.156. The van der Waals surface area contributed by atoms with Gasteiger partial charge in [0.15, 0.2) is 0 Å². The number of amides is 7. The number of rotatable bonds is 17. The zero-order chi connectivity index (χ0) is 30.6. The van der Waals surface area contributed by atoms with Crippen LogP contribution in [0.3, 0.4) is 0 Å². The molecule has 13 nitrogen and oxygen atoms in total. The van der Waals surface area contributed by atoms with E-state index in [9.17, 15) is 33.6 Å². The van der Waals surface area contributed by atoms with Crippen LogP contribution in [0.4, 0.5) is 0 Å². The zero-order valence-electron chi connectivity index (χ0n) is 24.1. The molecule has 7 amide bonds. The smallest absolute Gasteiger partial charge is 0.242 e. The minimum atomic E-state index is -0.937. The van der Waals surface area contributed by atoms with E-state index in [-0.39, 0.29) is 54.7 Å². The normalized spacial score (nSPS) is 20.9. The van der Waals surface area contributed by atoms with Crippen LogP contribution < -0.4 is 27.4 Å². The van der Waals surface area contributed by atoms with Gasteiger partial charge in [-0.05, 0) is 44.9 Å². The topological polar surface area (TPSA) is 211 Å². The largest absolute Gasteiger partial charge is 0.368 e. The third-order valence-electron chi connectivity index (χ3n) is 8.24. The summed E-state index contributed by atoms with van der Waals surface area (Å²) in [5.41, 5.74) is 10.9. The van der Waals surface area contributed by atoms with Gasteiger partial charge < -0.3 is 27.4 Å². The van der Waals surface area contributed by atoms with Crippen LogP contribution in [-0.2, 0) is 33.6 Å². The van der Waals surface area contributed by atoms with Gasteiger partial charge in [0, 0.05) is 43.5 Å². The van der Waals surface area contributed by atoms with Crippen LogP contribution in [-0.4, -0.2) is 82.4 Å². The van der Waals surface area contributed by atoms with Gasteiger partial charge in [-0.3, -0.25) is 38.5 Å². The van der Waals surface area contributed by atoms with Gasteiger partial charge >= 0.3 is 0 Å². The van der Waals surface area contributed by atoms with Crippen molar-refractivity contribution < 1.29 is 33.6 Å². The molecule has 42 heavy (non-hydrogen) atoms. The van der Waals surface area contributed by atoms with Crippen LogP contribution >= 0.6 is 11.8 Å². The van der Waals surface area contributed by atoms with Gasteiger partial charge in [-0.1, -0.05) is 25.7 Å². The van der Waals surface area contributed by atoms with Crippen molar-refractivity contribution in [2.45, 2.75) is 101 Å². The third kappa shape index (κ3) is 9.99. The van der Waals surface area contributed by atoms with E-state index >= 15 is 0 Å². The van der Waals surface area contributed by atoms with Crippen LogP contribution in [0.2, 0.25) is 0 Å². The fraction of sp³-hybridized carbons (Fsp3) is 0.750. The van der Waals surface area contributed by atoms with Gasteiger partial charge in [0.05, 0.1) is 5.25 Å². The molecule has 0 spiro atoms. The Morgan fingerprint density at radius 1 is 0.833 bits per heavy atom. The first-order chi connectivity index (χ1) is 20.1. The molecule has 7 N–H and O–H groups in total. The second kappa shape index (κ2) is 16.5. The Bertz CT molecular complexity index is 1030. The van der Waals surface area contributed by atoms with Crippen LogP contribution in [0.1, 0.15) is 83.5 Å². The molecule has 0 aromatic carbocycles. The Labute approximate surface area is 250 Å². The Hall–Kier alpha value is -3.16. The highest BCUT2D eigenvalue weighted by atomic mass is 32.2. The molecule has 0 aromatic rings. The first-order valence-corrected chi connectivity index (χ1v) is 16.0. The summed E-state index contributed by atoms with van der Waals surface area (Å²) in [5.74, 6) is -2.88. The second-order valence-corrected chi connectivity index (χ2v) is 12.6. The zero-order valence-corrected chi connectivity index (χ0v) is 24.9. The Morgan fingerprint density at radius 2 is 1.38 bits per heavy atom. The van der Waals surface area contributed by atoms with Crippen molar-refractivity contribution in [1.82, 2.24) is 20.9 Å². The molecule has 2 aliphatic carbocycles. The van der Waals surface area contributed by atoms with Gasteiger partial charge in [0.25, 0.3) is 0 Å². The molecule has 3 fully saturated rings. The van der Waals surface area contributed by atoms with Gasteiger partial charge in [0.2, 0.25) is 41.4 Å². The van der Waals surface area contributed by atoms with E-state index in [1.165, 1.54) is 0 Å². The number of unbranched alkanes of at least 4 members (excludes halogenated alkanes) is 1. The molecular formula is C28H44N6O7S. The maximum Gasteiger partial charge on any atom is 0.242 e. The number of carbonyl (C=O) groups is 7. The summed E-state index contributed by atoms with van der Waals surface area (Å²) in [6.45, 7) is 0.275. The van der Waals surface area contributed by atoms with Gasteiger partial charge in [-0.15, -0.1) is 11.8 Å². The van der Waals surface area contributed by atoms with E-state index in [1.54, 1.807) is 0 Å². The molecule has 234 valence electrons. The molecule has 3 atom stereocenters. The molecule has 3 aliphatic rings. The van der Waals surface area contributed by atoms with Crippen LogP contribution in [0.25, 0.3) is 0 Å². The summed E-state index contributed by atoms with van der Waals surface area (Å²) in [6, 6.07) is -1.68. The Kier molecular flexibility index (Phi) is 13.1. The highest BCUT2D eigenvalue weighted by Crippen LogP contribution is 2.28. The molecule has 1 heterocycles. The summed E-state index contributed by atoms with van der Waals surface area (Å²) in [4.78, 5) is 86.9. The van der Waals surface area contributed by atoms with Crippen LogP contribution in [0, 0.1) is 11.8 Å². The predicted molar refractivity (Wildman–Crippen MR) is 155 cm³/mol. The lowest BCUT2D eigenvalue weighted by atomic mass is 10.0. The number of nitrogens with zero attached hydrogens (tertiary/aromatic N) is 1. The molecule has 0 radical (unpaired) electrons. The van der Waals surface area contributed by atoms with E-state index in [0.29, 0.717) is 25.8 Å². The minimum Gasteiger partial charge on any atom is -0.368 e. The van der Waals surface area contributed by atoms with Crippen molar-refractivity contribution in [2.75, 3.05) is 18.8 Å². The highest BCUT2D eigenvalue weighted by molar-refractivity contribution is 8.00. The maximum absolute atomic E-state index is 12.8. The van der Waals surface area contributed by atoms with E-state index < -0.39 is 41.0 Å². The number of hydrogen-bond acceptors (Lipinski definition) is 8. The number of nitrogens with one attached hydrogen (secondary N) is 3. The van der Waals surface area contributed by atoms with Crippen molar-refractivity contribution in [1.29, 1.82) is 0 Å². The molecule has 1 saturated heterocycles. The number of likely N-dealkylation sites (tertiary alicyclic amines) is 1. The van der Waals surface area contributed by atoms with E-state index in [1.807, 2.05) is 0 Å². The molecule has 1 aliphatic heterocycles. The average molecular weight is 609 g/mol. The fourth-order valence-corrected chi connectivity index (χ4v) is 6.87. The Morgan fingerprint density at radius 3 is 1.93 bits per heavy atom. The third-order valence-corrected chi connectivity index (χ3v) is 9.54. The first kappa shape index (κ1) is 33.3. The van der Waals surface area contributed by atoms with Crippen molar-refractivity contribution in [3.05, 3.63) is 0 Å².